The van der Waals surface area contributed by atoms with Crippen LogP contribution in [0.1, 0.15) is 51.9 Å². The first-order valence-electron chi connectivity index (χ1n) is 10.1. The Balaban J connectivity index is 1.52. The Morgan fingerprint density at radius 3 is 2.50 bits per heavy atom. The minimum atomic E-state index is 0.255. The van der Waals surface area contributed by atoms with E-state index in [4.69, 9.17) is 4.74 Å². The summed E-state index contributed by atoms with van der Waals surface area (Å²) in [5.41, 5.74) is 0. The van der Waals surface area contributed by atoms with Crippen molar-refractivity contribution in [2.24, 2.45) is 0 Å². The second-order valence-electron chi connectivity index (χ2n) is 7.75. The van der Waals surface area contributed by atoms with E-state index in [1.807, 2.05) is 0 Å². The summed E-state index contributed by atoms with van der Waals surface area (Å²) >= 11 is 0. The lowest BCUT2D eigenvalue weighted by Gasteiger charge is -2.43. The van der Waals surface area contributed by atoms with Gasteiger partial charge in [0.05, 0.1) is 0 Å². The predicted molar refractivity (Wildman–Crippen MR) is 96.1 cm³/mol. The molecule has 0 N–H and O–H groups in total. The molecule has 5 heteroatoms. The van der Waals surface area contributed by atoms with E-state index in [-0.39, 0.29) is 5.91 Å². The van der Waals surface area contributed by atoms with Gasteiger partial charge >= 0.3 is 0 Å². The molecule has 0 aromatic heterocycles. The molecule has 0 saturated carbocycles. The van der Waals surface area contributed by atoms with Gasteiger partial charge in [-0.25, -0.2) is 0 Å². The number of ether oxygens (including phenoxy) is 1. The summed E-state index contributed by atoms with van der Waals surface area (Å²) in [6, 6.07) is 1.07. The molecule has 24 heavy (non-hydrogen) atoms. The molecule has 1 atom stereocenters. The lowest BCUT2D eigenvalue weighted by atomic mass is 9.98. The van der Waals surface area contributed by atoms with Gasteiger partial charge < -0.3 is 14.5 Å². The van der Waals surface area contributed by atoms with E-state index in [2.05, 4.69) is 14.7 Å². The zero-order chi connectivity index (χ0) is 16.8. The lowest BCUT2D eigenvalue weighted by Crippen LogP contribution is -2.54. The van der Waals surface area contributed by atoms with Crippen molar-refractivity contribution in [3.05, 3.63) is 0 Å². The molecule has 0 aromatic carbocycles. The van der Waals surface area contributed by atoms with E-state index in [0.717, 1.165) is 45.7 Å². The van der Waals surface area contributed by atoms with E-state index in [9.17, 15) is 4.79 Å². The van der Waals surface area contributed by atoms with Crippen LogP contribution in [-0.4, -0.2) is 85.2 Å². The van der Waals surface area contributed by atoms with Crippen LogP contribution < -0.4 is 0 Å². The van der Waals surface area contributed by atoms with Crippen LogP contribution in [0.2, 0.25) is 0 Å². The molecule has 1 amide bonds. The Morgan fingerprint density at radius 1 is 1.04 bits per heavy atom. The fourth-order valence-corrected chi connectivity index (χ4v) is 4.65. The average Bonchev–Trinajstić information content (AvgIpc) is 2.63. The van der Waals surface area contributed by atoms with Gasteiger partial charge in [-0.15, -0.1) is 0 Å². The number of carbonyl (C=O) groups is 1. The van der Waals surface area contributed by atoms with E-state index in [0.29, 0.717) is 12.1 Å². The van der Waals surface area contributed by atoms with Crippen molar-refractivity contribution in [1.82, 2.24) is 14.7 Å². The maximum atomic E-state index is 12.3. The zero-order valence-electron chi connectivity index (χ0n) is 15.4. The Hall–Kier alpha value is -0.650. The molecule has 0 aliphatic carbocycles. The third kappa shape index (κ3) is 4.93. The van der Waals surface area contributed by atoms with Crippen LogP contribution in [0.5, 0.6) is 0 Å². The molecule has 138 valence electrons. The van der Waals surface area contributed by atoms with E-state index >= 15 is 0 Å². The summed E-state index contributed by atoms with van der Waals surface area (Å²) in [6.07, 6.45) is 8.70. The van der Waals surface area contributed by atoms with Gasteiger partial charge in [-0.05, 0) is 58.2 Å². The number of hydrogen-bond acceptors (Lipinski definition) is 4. The number of nitrogens with zero attached hydrogens (tertiary/aromatic N) is 3. The molecule has 3 rings (SSSR count). The quantitative estimate of drug-likeness (QED) is 0.768. The van der Waals surface area contributed by atoms with Gasteiger partial charge in [-0.1, -0.05) is 6.42 Å². The van der Waals surface area contributed by atoms with E-state index < -0.39 is 0 Å². The third-order valence-corrected chi connectivity index (χ3v) is 6.09. The third-order valence-electron chi connectivity index (χ3n) is 6.09. The summed E-state index contributed by atoms with van der Waals surface area (Å²) in [4.78, 5) is 19.6. The van der Waals surface area contributed by atoms with Gasteiger partial charge in [-0.2, -0.15) is 0 Å². The number of piperidine rings is 2. The Labute approximate surface area is 147 Å². The second kappa shape index (κ2) is 9.16. The largest absolute Gasteiger partial charge is 0.381 e. The molecule has 3 fully saturated rings. The Kier molecular flexibility index (Phi) is 6.93. The number of rotatable bonds is 5. The topological polar surface area (TPSA) is 36.0 Å². The van der Waals surface area contributed by atoms with Crippen molar-refractivity contribution in [3.8, 4) is 0 Å². The van der Waals surface area contributed by atoms with Crippen LogP contribution in [-0.2, 0) is 9.53 Å². The maximum Gasteiger partial charge on any atom is 0.219 e. The van der Waals surface area contributed by atoms with Crippen LogP contribution in [0.3, 0.4) is 0 Å². The number of amides is 1. The molecule has 3 aliphatic heterocycles. The molecule has 0 bridgehead atoms. The first-order chi connectivity index (χ1) is 11.7. The summed E-state index contributed by atoms with van der Waals surface area (Å²) < 4.78 is 5.51. The highest BCUT2D eigenvalue weighted by Crippen LogP contribution is 2.23. The molecule has 5 nitrogen and oxygen atoms in total. The smallest absolute Gasteiger partial charge is 0.219 e. The van der Waals surface area contributed by atoms with Crippen LogP contribution in [0.4, 0.5) is 0 Å². The summed E-state index contributed by atoms with van der Waals surface area (Å²) in [6.45, 7) is 10.2. The maximum absolute atomic E-state index is 12.3. The fourth-order valence-electron chi connectivity index (χ4n) is 4.65. The zero-order valence-corrected chi connectivity index (χ0v) is 15.4. The van der Waals surface area contributed by atoms with Gasteiger partial charge in [0.25, 0.3) is 0 Å². The minimum absolute atomic E-state index is 0.255. The fraction of sp³-hybridized carbons (Fsp3) is 0.947. The van der Waals surface area contributed by atoms with Gasteiger partial charge in [-0.3, -0.25) is 9.69 Å². The highest BCUT2D eigenvalue weighted by Gasteiger charge is 2.31. The van der Waals surface area contributed by atoms with Crippen molar-refractivity contribution < 1.29 is 9.53 Å². The molecule has 0 aromatic rings. The average molecular weight is 338 g/mol. The molecular formula is C19H35N3O2. The van der Waals surface area contributed by atoms with Crippen molar-refractivity contribution in [2.45, 2.75) is 64.0 Å². The van der Waals surface area contributed by atoms with Crippen molar-refractivity contribution in [1.29, 1.82) is 0 Å². The van der Waals surface area contributed by atoms with E-state index in [1.54, 1.807) is 6.92 Å². The second-order valence-corrected chi connectivity index (χ2v) is 7.75. The summed E-state index contributed by atoms with van der Waals surface area (Å²) in [5.74, 6) is 0.255. The van der Waals surface area contributed by atoms with Crippen LogP contribution in [0.15, 0.2) is 0 Å². The highest BCUT2D eigenvalue weighted by atomic mass is 16.5. The normalized spacial score (nSPS) is 28.0. The minimum Gasteiger partial charge on any atom is -0.381 e. The Morgan fingerprint density at radius 2 is 1.79 bits per heavy atom. The molecule has 0 spiro atoms. The van der Waals surface area contributed by atoms with Gasteiger partial charge in [0.15, 0.2) is 0 Å². The van der Waals surface area contributed by atoms with Crippen LogP contribution >= 0.6 is 0 Å². The summed E-state index contributed by atoms with van der Waals surface area (Å²) in [5, 5.41) is 0. The molecule has 0 radical (unpaired) electrons. The first-order valence-corrected chi connectivity index (χ1v) is 10.1. The predicted octanol–water partition coefficient (Wildman–Crippen LogP) is 1.96. The number of carbonyl (C=O) groups excluding carboxylic acids is 1. The number of hydrogen-bond donors (Lipinski definition) is 0. The molecule has 3 aliphatic rings. The molecular weight excluding hydrogens is 302 g/mol. The molecule has 3 saturated heterocycles. The lowest BCUT2D eigenvalue weighted by molar-refractivity contribution is -0.133. The van der Waals surface area contributed by atoms with Gasteiger partial charge in [0.2, 0.25) is 5.91 Å². The SMILES string of the molecule is CC(=O)N(CCN1CCCCC1)C1CCCN(C2CCOCC2)C1. The number of likely N-dealkylation sites (tertiary alicyclic amines) is 2. The highest BCUT2D eigenvalue weighted by molar-refractivity contribution is 5.73. The monoisotopic (exact) mass is 337 g/mol. The van der Waals surface area contributed by atoms with Crippen molar-refractivity contribution in [3.63, 3.8) is 0 Å². The van der Waals surface area contributed by atoms with Gasteiger partial charge in [0.1, 0.15) is 0 Å². The van der Waals surface area contributed by atoms with E-state index in [1.165, 1.54) is 51.7 Å². The van der Waals surface area contributed by atoms with Gasteiger partial charge in [0, 0.05) is 51.9 Å². The standard InChI is InChI=1S/C19H35N3O2/c1-17(23)22(13-12-20-9-3-2-4-10-20)19-6-5-11-21(16-19)18-7-14-24-15-8-18/h18-19H,2-16H2,1H3. The first kappa shape index (κ1) is 18.2. The molecule has 3 heterocycles. The van der Waals surface area contributed by atoms with Crippen molar-refractivity contribution in [2.75, 3.05) is 52.5 Å². The molecule has 1 unspecified atom stereocenters. The van der Waals surface area contributed by atoms with Crippen LogP contribution in [0, 0.1) is 0 Å². The van der Waals surface area contributed by atoms with Crippen molar-refractivity contribution >= 4 is 5.91 Å². The Bertz CT molecular complexity index is 392. The summed E-state index contributed by atoms with van der Waals surface area (Å²) in [7, 11) is 0. The van der Waals surface area contributed by atoms with Crippen LogP contribution in [0.25, 0.3) is 0 Å².